The molecule has 0 atom stereocenters. The first kappa shape index (κ1) is 21.0. The number of rotatable bonds is 4. The van der Waals surface area contributed by atoms with Crippen molar-refractivity contribution in [2.45, 2.75) is 12.8 Å². The molecule has 8 heteroatoms. The molecule has 2 aliphatic rings. The second-order valence-corrected chi connectivity index (χ2v) is 9.37. The zero-order valence-electron chi connectivity index (χ0n) is 18.2. The Morgan fingerprint density at radius 3 is 2.50 bits per heavy atom. The highest BCUT2D eigenvalue weighted by Crippen LogP contribution is 2.33. The zero-order valence-corrected chi connectivity index (χ0v) is 19.0. The van der Waals surface area contributed by atoms with Gasteiger partial charge in [-0.2, -0.15) is 0 Å². The molecule has 2 saturated heterocycles. The Balaban J connectivity index is 1.16. The molecule has 3 aromatic rings. The first-order chi connectivity index (χ1) is 15.6. The predicted molar refractivity (Wildman–Crippen MR) is 126 cm³/mol. The molecule has 0 bridgehead atoms. The molecule has 5 rings (SSSR count). The number of ether oxygens (including phenoxy) is 1. The summed E-state index contributed by atoms with van der Waals surface area (Å²) >= 11 is 1.52. The summed E-state index contributed by atoms with van der Waals surface area (Å²) in [6.07, 6.45) is 1.63. The van der Waals surface area contributed by atoms with Gasteiger partial charge in [-0.15, -0.1) is 0 Å². The molecular weight excluding hydrogens is 427 g/mol. The number of halogens is 1. The van der Waals surface area contributed by atoms with Crippen molar-refractivity contribution >= 4 is 38.3 Å². The van der Waals surface area contributed by atoms with Gasteiger partial charge < -0.3 is 19.4 Å². The van der Waals surface area contributed by atoms with Crippen LogP contribution in [0.1, 0.15) is 12.8 Å². The number of hydrogen-bond acceptors (Lipinski definition) is 6. The molecule has 1 aromatic heterocycles. The summed E-state index contributed by atoms with van der Waals surface area (Å²) < 4.78 is 20.2. The molecule has 2 aromatic carbocycles. The molecule has 168 valence electrons. The number of aromatic nitrogens is 1. The number of para-hydroxylation sites is 1. The van der Waals surface area contributed by atoms with E-state index in [1.54, 1.807) is 13.2 Å². The lowest BCUT2D eigenvalue weighted by Gasteiger charge is -2.39. The van der Waals surface area contributed by atoms with Gasteiger partial charge >= 0.3 is 0 Å². The number of hydrogen-bond donors (Lipinski definition) is 0. The van der Waals surface area contributed by atoms with Crippen molar-refractivity contribution in [3.63, 3.8) is 0 Å². The van der Waals surface area contributed by atoms with E-state index in [-0.39, 0.29) is 17.6 Å². The van der Waals surface area contributed by atoms with Crippen LogP contribution in [0.4, 0.5) is 15.2 Å². The summed E-state index contributed by atoms with van der Waals surface area (Å²) in [6.45, 7) is 4.70. The number of piperidine rings is 1. The van der Waals surface area contributed by atoms with E-state index in [2.05, 4.69) is 20.9 Å². The van der Waals surface area contributed by atoms with Crippen molar-refractivity contribution in [2.75, 3.05) is 56.2 Å². The molecule has 1 amide bonds. The van der Waals surface area contributed by atoms with Crippen molar-refractivity contribution < 1.29 is 13.9 Å². The van der Waals surface area contributed by atoms with Crippen LogP contribution in [0.5, 0.6) is 5.75 Å². The molecule has 0 saturated carbocycles. The minimum atomic E-state index is -0.275. The Kier molecular flexibility index (Phi) is 5.87. The average Bonchev–Trinajstić information content (AvgIpc) is 3.30. The van der Waals surface area contributed by atoms with Crippen LogP contribution in [0.25, 0.3) is 10.2 Å². The number of amides is 1. The fourth-order valence-corrected chi connectivity index (χ4v) is 5.64. The van der Waals surface area contributed by atoms with Crippen LogP contribution in [0.15, 0.2) is 42.5 Å². The molecule has 3 heterocycles. The molecule has 0 unspecified atom stereocenters. The van der Waals surface area contributed by atoms with Gasteiger partial charge in [-0.25, -0.2) is 9.37 Å². The van der Waals surface area contributed by atoms with Crippen LogP contribution in [0.3, 0.4) is 0 Å². The van der Waals surface area contributed by atoms with E-state index in [9.17, 15) is 9.18 Å². The molecule has 0 N–H and O–H groups in total. The minimum absolute atomic E-state index is 0.0562. The van der Waals surface area contributed by atoms with E-state index in [0.29, 0.717) is 5.52 Å². The van der Waals surface area contributed by atoms with Crippen LogP contribution in [0.2, 0.25) is 0 Å². The summed E-state index contributed by atoms with van der Waals surface area (Å²) in [5.74, 6) is 0.901. The maximum Gasteiger partial charge on any atom is 0.225 e. The van der Waals surface area contributed by atoms with Crippen LogP contribution >= 0.6 is 11.3 Å². The van der Waals surface area contributed by atoms with Gasteiger partial charge in [-0.1, -0.05) is 23.5 Å². The monoisotopic (exact) mass is 454 g/mol. The quantitative estimate of drug-likeness (QED) is 0.596. The summed E-state index contributed by atoms with van der Waals surface area (Å²) in [5, 5.41) is 0.850. The first-order valence-corrected chi connectivity index (χ1v) is 11.9. The van der Waals surface area contributed by atoms with Crippen molar-refractivity contribution in [1.29, 1.82) is 0 Å². The molecule has 0 aliphatic carbocycles. The lowest BCUT2D eigenvalue weighted by Crippen LogP contribution is -2.51. The van der Waals surface area contributed by atoms with Gasteiger partial charge in [0.15, 0.2) is 5.13 Å². The van der Waals surface area contributed by atoms with E-state index < -0.39 is 0 Å². The number of methoxy groups -OCH3 is 1. The Morgan fingerprint density at radius 1 is 1.03 bits per heavy atom. The summed E-state index contributed by atoms with van der Waals surface area (Å²) in [6, 6.07) is 13.1. The Labute approximate surface area is 191 Å². The van der Waals surface area contributed by atoms with Gasteiger partial charge in [0.2, 0.25) is 5.91 Å². The van der Waals surface area contributed by atoms with E-state index in [0.717, 1.165) is 73.4 Å². The number of anilines is 2. The van der Waals surface area contributed by atoms with Gasteiger partial charge in [0.1, 0.15) is 17.1 Å². The standard InChI is InChI=1S/C24H27FN4O2S/c1-31-19-5-2-4-18(16-19)27-12-14-28(15-13-27)23(30)17-8-10-29(11-9-17)24-26-22-20(25)6-3-7-21(22)32-24/h2-7,16-17H,8-15H2,1H3. The third-order valence-corrected chi connectivity index (χ3v) is 7.56. The van der Waals surface area contributed by atoms with Crippen LogP contribution in [-0.2, 0) is 4.79 Å². The molecule has 32 heavy (non-hydrogen) atoms. The van der Waals surface area contributed by atoms with Crippen molar-refractivity contribution in [3.8, 4) is 5.75 Å². The van der Waals surface area contributed by atoms with E-state index >= 15 is 0 Å². The Morgan fingerprint density at radius 2 is 1.78 bits per heavy atom. The third-order valence-electron chi connectivity index (χ3n) is 6.48. The van der Waals surface area contributed by atoms with Gasteiger partial charge in [0.25, 0.3) is 0 Å². The highest BCUT2D eigenvalue weighted by molar-refractivity contribution is 7.22. The topological polar surface area (TPSA) is 48.9 Å². The molecule has 2 fully saturated rings. The van der Waals surface area contributed by atoms with Crippen LogP contribution < -0.4 is 14.5 Å². The normalized spacial score (nSPS) is 17.8. The van der Waals surface area contributed by atoms with Gasteiger partial charge in [-0.05, 0) is 37.1 Å². The van der Waals surface area contributed by atoms with Crippen molar-refractivity contribution in [2.24, 2.45) is 5.92 Å². The lowest BCUT2D eigenvalue weighted by molar-refractivity contribution is -0.136. The first-order valence-electron chi connectivity index (χ1n) is 11.1. The lowest BCUT2D eigenvalue weighted by atomic mass is 9.95. The summed E-state index contributed by atoms with van der Waals surface area (Å²) in [5.41, 5.74) is 1.58. The number of carbonyl (C=O) groups excluding carboxylic acids is 1. The SMILES string of the molecule is COc1cccc(N2CCN(C(=O)C3CCN(c4nc5c(F)cccc5s4)CC3)CC2)c1. The molecule has 2 aliphatic heterocycles. The van der Waals surface area contributed by atoms with Gasteiger partial charge in [0, 0.05) is 56.9 Å². The fraction of sp³-hybridized carbons (Fsp3) is 0.417. The number of thiazole rings is 1. The van der Waals surface area contributed by atoms with Gasteiger partial charge in [-0.3, -0.25) is 4.79 Å². The molecule has 0 radical (unpaired) electrons. The maximum atomic E-state index is 14.0. The fourth-order valence-electron chi connectivity index (χ4n) is 4.61. The molecule has 0 spiro atoms. The second kappa shape index (κ2) is 8.94. The number of fused-ring (bicyclic) bond motifs is 1. The zero-order chi connectivity index (χ0) is 22.1. The summed E-state index contributed by atoms with van der Waals surface area (Å²) in [4.78, 5) is 24.2. The van der Waals surface area contributed by atoms with E-state index in [1.807, 2.05) is 29.2 Å². The van der Waals surface area contributed by atoms with Crippen molar-refractivity contribution in [3.05, 3.63) is 48.3 Å². The maximum absolute atomic E-state index is 14.0. The third kappa shape index (κ3) is 4.11. The Bertz CT molecular complexity index is 1100. The number of carbonyl (C=O) groups is 1. The Hall–Kier alpha value is -2.87. The van der Waals surface area contributed by atoms with Crippen molar-refractivity contribution in [1.82, 2.24) is 9.88 Å². The predicted octanol–water partition coefficient (Wildman–Crippen LogP) is 4.01. The smallest absolute Gasteiger partial charge is 0.225 e. The number of piperazine rings is 1. The average molecular weight is 455 g/mol. The highest BCUT2D eigenvalue weighted by Gasteiger charge is 2.31. The summed E-state index contributed by atoms with van der Waals surface area (Å²) in [7, 11) is 1.68. The highest BCUT2D eigenvalue weighted by atomic mass is 32.1. The molecule has 6 nitrogen and oxygen atoms in total. The van der Waals surface area contributed by atoms with Crippen LogP contribution in [-0.4, -0.2) is 62.2 Å². The number of benzene rings is 2. The van der Waals surface area contributed by atoms with E-state index in [1.165, 1.54) is 17.4 Å². The molecular formula is C24H27FN4O2S. The van der Waals surface area contributed by atoms with E-state index in [4.69, 9.17) is 4.74 Å². The van der Waals surface area contributed by atoms with Gasteiger partial charge in [0.05, 0.1) is 11.8 Å². The van der Waals surface area contributed by atoms with Crippen LogP contribution in [0, 0.1) is 11.7 Å². The number of nitrogens with zero attached hydrogens (tertiary/aromatic N) is 4. The minimum Gasteiger partial charge on any atom is -0.497 e. The second-order valence-electron chi connectivity index (χ2n) is 8.36. The largest absolute Gasteiger partial charge is 0.497 e.